The molecule has 3 aromatic carbocycles. The lowest BCUT2D eigenvalue weighted by Gasteiger charge is -2.40. The molecule has 0 saturated carbocycles. The third-order valence-electron chi connectivity index (χ3n) is 6.47. The van der Waals surface area contributed by atoms with Crippen LogP contribution < -0.4 is 4.90 Å². The normalized spacial score (nSPS) is 15.7. The van der Waals surface area contributed by atoms with Crippen LogP contribution in [0.5, 0.6) is 0 Å². The molecule has 0 unspecified atom stereocenters. The van der Waals surface area contributed by atoms with Crippen molar-refractivity contribution in [3.05, 3.63) is 89.7 Å². The summed E-state index contributed by atoms with van der Waals surface area (Å²) < 4.78 is 13.2. The van der Waals surface area contributed by atoms with Crippen molar-refractivity contribution in [2.24, 2.45) is 0 Å². The molecule has 1 aliphatic rings. The maximum absolute atomic E-state index is 13.2. The van der Waals surface area contributed by atoms with Gasteiger partial charge in [0.25, 0.3) is 0 Å². The quantitative estimate of drug-likeness (QED) is 0.441. The minimum atomic E-state index is -0.304. The maximum Gasteiger partial charge on any atom is 0.227 e. The molecule has 4 aromatic rings. The topological polar surface area (TPSA) is 73.1 Å². The molecular formula is C28H24FN5O. The van der Waals surface area contributed by atoms with Gasteiger partial charge in [-0.05, 0) is 36.8 Å². The van der Waals surface area contributed by atoms with E-state index < -0.39 is 0 Å². The van der Waals surface area contributed by atoms with Crippen molar-refractivity contribution in [3.63, 3.8) is 0 Å². The molecule has 0 aliphatic carbocycles. The lowest BCUT2D eigenvalue weighted by atomic mass is 10.0. The summed E-state index contributed by atoms with van der Waals surface area (Å²) in [6.45, 7) is 3.91. The van der Waals surface area contributed by atoms with Crippen LogP contribution in [0.1, 0.15) is 18.1 Å². The Labute approximate surface area is 203 Å². The van der Waals surface area contributed by atoms with Crippen LogP contribution in [0.25, 0.3) is 22.0 Å². The lowest BCUT2D eigenvalue weighted by Crippen LogP contribution is -2.54. The van der Waals surface area contributed by atoms with E-state index in [0.717, 1.165) is 33.4 Å². The first-order valence-electron chi connectivity index (χ1n) is 11.6. The summed E-state index contributed by atoms with van der Waals surface area (Å²) in [6.07, 6.45) is 0.257. The zero-order valence-electron chi connectivity index (χ0n) is 19.4. The molecule has 0 spiro atoms. The first-order valence-corrected chi connectivity index (χ1v) is 11.6. The molecule has 1 saturated heterocycles. The van der Waals surface area contributed by atoms with Crippen LogP contribution in [0.4, 0.5) is 10.2 Å². The van der Waals surface area contributed by atoms with Crippen molar-refractivity contribution in [1.29, 1.82) is 5.26 Å². The van der Waals surface area contributed by atoms with Crippen LogP contribution in [0.3, 0.4) is 0 Å². The van der Waals surface area contributed by atoms with Crippen molar-refractivity contribution >= 4 is 22.5 Å². The fourth-order valence-electron chi connectivity index (χ4n) is 4.64. The number of amides is 1. The average Bonchev–Trinajstić information content (AvgIpc) is 2.89. The second-order valence-electron chi connectivity index (χ2n) is 8.79. The molecule has 35 heavy (non-hydrogen) atoms. The van der Waals surface area contributed by atoms with Crippen molar-refractivity contribution < 1.29 is 9.18 Å². The first kappa shape index (κ1) is 22.5. The highest BCUT2D eigenvalue weighted by Gasteiger charge is 2.29. The molecule has 5 rings (SSSR count). The Balaban J connectivity index is 1.37. The molecule has 1 amide bonds. The summed E-state index contributed by atoms with van der Waals surface area (Å²) >= 11 is 0. The second kappa shape index (κ2) is 9.51. The molecule has 0 N–H and O–H groups in total. The third kappa shape index (κ3) is 4.56. The van der Waals surface area contributed by atoms with E-state index in [9.17, 15) is 9.18 Å². The van der Waals surface area contributed by atoms with Gasteiger partial charge in [0, 0.05) is 42.0 Å². The summed E-state index contributed by atoms with van der Waals surface area (Å²) in [5, 5.41) is 20.2. The molecule has 2 heterocycles. The van der Waals surface area contributed by atoms with E-state index in [1.165, 1.54) is 12.1 Å². The largest absolute Gasteiger partial charge is 0.351 e. The number of halogens is 1. The number of anilines is 1. The summed E-state index contributed by atoms with van der Waals surface area (Å²) in [7, 11) is 0. The molecule has 6 nitrogen and oxygen atoms in total. The number of benzene rings is 3. The van der Waals surface area contributed by atoms with Gasteiger partial charge in [-0.1, -0.05) is 48.5 Å². The number of hydrogen-bond donors (Lipinski definition) is 0. The Hall–Kier alpha value is -4.31. The van der Waals surface area contributed by atoms with Crippen molar-refractivity contribution in [2.45, 2.75) is 19.4 Å². The number of fused-ring (bicyclic) bond motifs is 1. The first-order chi connectivity index (χ1) is 17.0. The molecule has 0 bridgehead atoms. The number of carbonyl (C=O) groups excluding carboxylic acids is 1. The number of nitrogens with zero attached hydrogens (tertiary/aromatic N) is 5. The maximum atomic E-state index is 13.2. The molecular weight excluding hydrogens is 441 g/mol. The number of piperazine rings is 1. The van der Waals surface area contributed by atoms with Crippen LogP contribution in [0.15, 0.2) is 72.8 Å². The highest BCUT2D eigenvalue weighted by molar-refractivity contribution is 6.00. The van der Waals surface area contributed by atoms with E-state index in [-0.39, 0.29) is 24.2 Å². The number of aromatic nitrogens is 2. The van der Waals surface area contributed by atoms with E-state index >= 15 is 0 Å². The molecule has 1 fully saturated rings. The van der Waals surface area contributed by atoms with Crippen molar-refractivity contribution in [2.75, 3.05) is 24.5 Å². The summed E-state index contributed by atoms with van der Waals surface area (Å²) in [4.78, 5) is 17.0. The average molecular weight is 466 g/mol. The highest BCUT2D eigenvalue weighted by atomic mass is 19.1. The van der Waals surface area contributed by atoms with Crippen molar-refractivity contribution in [3.8, 4) is 17.3 Å². The minimum absolute atomic E-state index is 0.00420. The van der Waals surface area contributed by atoms with Gasteiger partial charge < -0.3 is 9.80 Å². The minimum Gasteiger partial charge on any atom is -0.351 e. The molecule has 7 heteroatoms. The molecule has 1 aromatic heterocycles. The van der Waals surface area contributed by atoms with Gasteiger partial charge in [0.05, 0.1) is 18.1 Å². The lowest BCUT2D eigenvalue weighted by molar-refractivity contribution is -0.132. The smallest absolute Gasteiger partial charge is 0.227 e. The van der Waals surface area contributed by atoms with Crippen LogP contribution >= 0.6 is 0 Å². The van der Waals surface area contributed by atoms with Gasteiger partial charge in [-0.3, -0.25) is 4.79 Å². The Morgan fingerprint density at radius 1 is 1.00 bits per heavy atom. The van der Waals surface area contributed by atoms with Gasteiger partial charge in [-0.15, -0.1) is 10.2 Å². The monoisotopic (exact) mass is 465 g/mol. The molecule has 0 radical (unpaired) electrons. The molecule has 1 atom stereocenters. The van der Waals surface area contributed by atoms with Gasteiger partial charge in [0.1, 0.15) is 11.5 Å². The fraction of sp³-hybridized carbons (Fsp3) is 0.214. The zero-order chi connectivity index (χ0) is 24.4. The van der Waals surface area contributed by atoms with Gasteiger partial charge in [0.15, 0.2) is 5.82 Å². The Bertz CT molecular complexity index is 1410. The number of rotatable bonds is 4. The summed E-state index contributed by atoms with van der Waals surface area (Å²) in [5.74, 6) is 0.535. The van der Waals surface area contributed by atoms with E-state index in [4.69, 9.17) is 5.26 Å². The second-order valence-corrected chi connectivity index (χ2v) is 8.79. The van der Waals surface area contributed by atoms with Crippen molar-refractivity contribution in [1.82, 2.24) is 15.1 Å². The van der Waals surface area contributed by atoms with Gasteiger partial charge in [-0.2, -0.15) is 5.26 Å². The predicted octanol–water partition coefficient (Wildman–Crippen LogP) is 4.59. The summed E-state index contributed by atoms with van der Waals surface area (Å²) in [5.41, 5.74) is 3.09. The van der Waals surface area contributed by atoms with Gasteiger partial charge in [-0.25, -0.2) is 4.39 Å². The third-order valence-corrected chi connectivity index (χ3v) is 6.47. The Kier molecular flexibility index (Phi) is 6.11. The van der Waals surface area contributed by atoms with Gasteiger partial charge in [0.2, 0.25) is 5.91 Å². The molecule has 1 aliphatic heterocycles. The number of hydrogen-bond acceptors (Lipinski definition) is 5. The molecule has 174 valence electrons. The van der Waals surface area contributed by atoms with E-state index in [0.29, 0.717) is 25.2 Å². The summed E-state index contributed by atoms with van der Waals surface area (Å²) in [6, 6.07) is 23.6. The number of carbonyl (C=O) groups is 1. The number of nitriles is 1. The highest BCUT2D eigenvalue weighted by Crippen LogP contribution is 2.32. The standard InChI is InChI=1S/C28H24FN5O/c1-19-18-33(14-15-34(19)26(35)16-20-8-12-23(29)13-9-20)28-25-5-3-2-4-24(25)27(31-32-28)22-10-6-21(17-30)7-11-22/h2-13,19H,14-16,18H2,1H3/t19-/m0/s1. The van der Waals surface area contributed by atoms with Crippen LogP contribution in [0.2, 0.25) is 0 Å². The van der Waals surface area contributed by atoms with Gasteiger partial charge >= 0.3 is 0 Å². The van der Waals surface area contributed by atoms with Crippen LogP contribution in [0, 0.1) is 17.1 Å². The van der Waals surface area contributed by atoms with Crippen LogP contribution in [-0.2, 0) is 11.2 Å². The fourth-order valence-corrected chi connectivity index (χ4v) is 4.64. The van der Waals surface area contributed by atoms with E-state index in [2.05, 4.69) is 21.2 Å². The zero-order valence-corrected chi connectivity index (χ0v) is 19.4. The van der Waals surface area contributed by atoms with Crippen LogP contribution in [-0.4, -0.2) is 46.7 Å². The Morgan fingerprint density at radius 3 is 2.40 bits per heavy atom. The predicted molar refractivity (Wildman–Crippen MR) is 133 cm³/mol. The van der Waals surface area contributed by atoms with E-state index in [1.54, 1.807) is 24.3 Å². The van der Waals surface area contributed by atoms with E-state index in [1.807, 2.05) is 48.2 Å². The SMILES string of the molecule is C[C@H]1CN(c2nnc(-c3ccc(C#N)cc3)c3ccccc23)CCN1C(=O)Cc1ccc(F)cc1. The Morgan fingerprint density at radius 2 is 1.71 bits per heavy atom.